The molecule has 0 spiro atoms. The minimum Gasteiger partial charge on any atom is -0.457 e. The fourth-order valence-electron chi connectivity index (χ4n) is 2.89. The Labute approximate surface area is 166 Å². The second kappa shape index (κ2) is 10.3. The van der Waals surface area contributed by atoms with Crippen LogP contribution in [-0.2, 0) is 25.4 Å². The highest BCUT2D eigenvalue weighted by atomic mass is 16.7. The first-order valence-electron chi connectivity index (χ1n) is 9.47. The van der Waals surface area contributed by atoms with Crippen molar-refractivity contribution >= 4 is 12.6 Å². The van der Waals surface area contributed by atoms with Crippen LogP contribution in [0.4, 0.5) is 0 Å². The van der Waals surface area contributed by atoms with Crippen molar-refractivity contribution < 1.29 is 23.5 Å². The number of nitriles is 1. The van der Waals surface area contributed by atoms with Crippen LogP contribution in [0.25, 0.3) is 0 Å². The molecule has 28 heavy (non-hydrogen) atoms. The molecule has 1 aliphatic rings. The van der Waals surface area contributed by atoms with E-state index in [-0.39, 0.29) is 6.29 Å². The molecule has 0 amide bonds. The molecular formula is C21H24BNO5. The van der Waals surface area contributed by atoms with Crippen LogP contribution in [0.2, 0.25) is 0 Å². The van der Waals surface area contributed by atoms with Gasteiger partial charge in [-0.15, -0.1) is 0 Å². The van der Waals surface area contributed by atoms with E-state index in [1.807, 2.05) is 32.0 Å². The van der Waals surface area contributed by atoms with Gasteiger partial charge in [0.25, 0.3) is 0 Å². The maximum absolute atomic E-state index is 8.91. The number of rotatable bonds is 8. The third kappa shape index (κ3) is 5.57. The van der Waals surface area contributed by atoms with Gasteiger partial charge in [-0.05, 0) is 67.7 Å². The zero-order chi connectivity index (χ0) is 19.8. The van der Waals surface area contributed by atoms with Gasteiger partial charge in [-0.2, -0.15) is 5.26 Å². The maximum Gasteiger partial charge on any atom is 0.494 e. The van der Waals surface area contributed by atoms with Crippen molar-refractivity contribution in [3.8, 4) is 17.6 Å². The Balaban J connectivity index is 1.78. The lowest BCUT2D eigenvalue weighted by atomic mass is 9.75. The van der Waals surface area contributed by atoms with Crippen molar-refractivity contribution in [2.45, 2.75) is 33.2 Å². The Morgan fingerprint density at radius 1 is 1.07 bits per heavy atom. The van der Waals surface area contributed by atoms with Gasteiger partial charge in [0.1, 0.15) is 11.5 Å². The molecule has 0 bridgehead atoms. The molecule has 3 rings (SSSR count). The summed E-state index contributed by atoms with van der Waals surface area (Å²) in [5.41, 5.74) is 2.44. The number of hydrogen-bond acceptors (Lipinski definition) is 6. The third-order valence-corrected chi connectivity index (χ3v) is 4.29. The Morgan fingerprint density at radius 3 is 2.46 bits per heavy atom. The number of hydrogen-bond donors (Lipinski definition) is 0. The summed E-state index contributed by atoms with van der Waals surface area (Å²) in [4.78, 5) is 0. The molecule has 1 heterocycles. The van der Waals surface area contributed by atoms with Gasteiger partial charge in [0.2, 0.25) is 0 Å². The van der Waals surface area contributed by atoms with Crippen LogP contribution in [0.5, 0.6) is 11.5 Å². The van der Waals surface area contributed by atoms with Crippen molar-refractivity contribution in [1.82, 2.24) is 0 Å². The van der Waals surface area contributed by atoms with E-state index in [1.165, 1.54) is 0 Å². The van der Waals surface area contributed by atoms with E-state index < -0.39 is 7.12 Å². The van der Waals surface area contributed by atoms with Gasteiger partial charge < -0.3 is 23.5 Å². The third-order valence-electron chi connectivity index (χ3n) is 4.29. The minimum absolute atomic E-state index is 0.311. The highest BCUT2D eigenvalue weighted by molar-refractivity contribution is 6.62. The molecule has 0 aromatic heterocycles. The Kier molecular flexibility index (Phi) is 7.46. The van der Waals surface area contributed by atoms with Crippen LogP contribution in [-0.4, -0.2) is 33.2 Å². The summed E-state index contributed by atoms with van der Waals surface area (Å²) >= 11 is 0. The van der Waals surface area contributed by atoms with Crippen molar-refractivity contribution in [3.05, 3.63) is 53.6 Å². The molecular weight excluding hydrogens is 357 g/mol. The topological polar surface area (TPSA) is 69.9 Å². The summed E-state index contributed by atoms with van der Waals surface area (Å²) in [5.74, 6) is 1.33. The Bertz CT molecular complexity index is 799. The van der Waals surface area contributed by atoms with Crippen molar-refractivity contribution in [3.63, 3.8) is 0 Å². The normalized spacial score (nSPS) is 15.1. The Hall–Kier alpha value is -2.37. The van der Waals surface area contributed by atoms with E-state index in [0.29, 0.717) is 43.5 Å². The molecule has 1 atom stereocenters. The highest BCUT2D eigenvalue weighted by Crippen LogP contribution is 2.23. The van der Waals surface area contributed by atoms with Crippen LogP contribution < -0.4 is 10.2 Å². The van der Waals surface area contributed by atoms with Crippen LogP contribution >= 0.6 is 0 Å². The molecule has 1 saturated heterocycles. The number of benzene rings is 2. The molecule has 1 unspecified atom stereocenters. The molecule has 0 saturated carbocycles. The van der Waals surface area contributed by atoms with Gasteiger partial charge in [-0.1, -0.05) is 6.07 Å². The maximum atomic E-state index is 8.91. The summed E-state index contributed by atoms with van der Waals surface area (Å²) < 4.78 is 28.7. The van der Waals surface area contributed by atoms with Gasteiger partial charge in [0, 0.05) is 19.8 Å². The predicted octanol–water partition coefficient (Wildman–Crippen LogP) is 3.38. The van der Waals surface area contributed by atoms with E-state index >= 15 is 0 Å². The smallest absolute Gasteiger partial charge is 0.457 e. The summed E-state index contributed by atoms with van der Waals surface area (Å²) in [7, 11) is -0.404. The lowest BCUT2D eigenvalue weighted by molar-refractivity contribution is -0.134. The van der Waals surface area contributed by atoms with Gasteiger partial charge in [0.15, 0.2) is 6.29 Å². The molecule has 0 aliphatic carbocycles. The molecule has 1 fully saturated rings. The molecule has 2 aromatic rings. The lowest BCUT2D eigenvalue weighted by Crippen LogP contribution is -2.42. The summed E-state index contributed by atoms with van der Waals surface area (Å²) in [6.45, 7) is 6.08. The summed E-state index contributed by atoms with van der Waals surface area (Å²) in [5, 5.41) is 8.91. The fraction of sp³-hybridized carbons (Fsp3) is 0.381. The number of nitrogens with zero attached hydrogens (tertiary/aromatic N) is 1. The average Bonchev–Trinajstić information content (AvgIpc) is 2.74. The fourth-order valence-corrected chi connectivity index (χ4v) is 2.89. The number of ether oxygens (including phenoxy) is 3. The summed E-state index contributed by atoms with van der Waals surface area (Å²) in [6.07, 6.45) is 0.581. The first-order chi connectivity index (χ1) is 13.7. The van der Waals surface area contributed by atoms with E-state index in [1.54, 1.807) is 24.3 Å². The van der Waals surface area contributed by atoms with Gasteiger partial charge in [-0.25, -0.2) is 0 Å². The first-order valence-corrected chi connectivity index (χ1v) is 9.47. The largest absolute Gasteiger partial charge is 0.494 e. The minimum atomic E-state index is -0.404. The van der Waals surface area contributed by atoms with E-state index in [2.05, 4.69) is 6.07 Å². The first kappa shape index (κ1) is 20.4. The van der Waals surface area contributed by atoms with Crippen LogP contribution in [0.3, 0.4) is 0 Å². The molecule has 1 aliphatic heterocycles. The van der Waals surface area contributed by atoms with Crippen LogP contribution in [0.15, 0.2) is 42.5 Å². The molecule has 0 radical (unpaired) electrons. The molecule has 146 valence electrons. The van der Waals surface area contributed by atoms with Crippen molar-refractivity contribution in [2.75, 3.05) is 19.8 Å². The zero-order valence-electron chi connectivity index (χ0n) is 16.2. The van der Waals surface area contributed by atoms with Gasteiger partial charge >= 0.3 is 7.12 Å². The summed E-state index contributed by atoms with van der Waals surface area (Å²) in [6, 6.07) is 14.8. The molecule has 0 N–H and O–H groups in total. The second-order valence-electron chi connectivity index (χ2n) is 6.36. The molecule has 7 heteroatoms. The van der Waals surface area contributed by atoms with E-state index in [9.17, 15) is 0 Å². The van der Waals surface area contributed by atoms with Crippen molar-refractivity contribution in [1.29, 1.82) is 5.26 Å². The van der Waals surface area contributed by atoms with Gasteiger partial charge in [-0.3, -0.25) is 0 Å². The average molecular weight is 381 g/mol. The van der Waals surface area contributed by atoms with Crippen molar-refractivity contribution in [2.24, 2.45) is 0 Å². The molecule has 2 aromatic carbocycles. The van der Waals surface area contributed by atoms with E-state index in [0.717, 1.165) is 17.4 Å². The standard InChI is InChI=1S/C21H24BNO5/c1-3-24-16(2)25-15-18-13-20(28-19-7-5-17(14-23)6-8-19)9-10-21(18)22-26-11-4-12-27-22/h5-10,13,16H,3-4,11-12,15H2,1-2H3. The lowest BCUT2D eigenvalue weighted by Gasteiger charge is -2.23. The van der Waals surface area contributed by atoms with Crippen LogP contribution in [0, 0.1) is 11.3 Å². The Morgan fingerprint density at radius 2 is 1.79 bits per heavy atom. The highest BCUT2D eigenvalue weighted by Gasteiger charge is 2.27. The van der Waals surface area contributed by atoms with Gasteiger partial charge in [0.05, 0.1) is 18.2 Å². The quantitative estimate of drug-likeness (QED) is 0.516. The zero-order valence-corrected chi connectivity index (χ0v) is 16.2. The SMILES string of the molecule is CCOC(C)OCc1cc(Oc2ccc(C#N)cc2)ccc1B1OCCCO1. The molecule has 6 nitrogen and oxygen atoms in total. The predicted molar refractivity (Wildman–Crippen MR) is 105 cm³/mol. The second-order valence-corrected chi connectivity index (χ2v) is 6.36. The van der Waals surface area contributed by atoms with Crippen LogP contribution in [0.1, 0.15) is 31.4 Å². The monoisotopic (exact) mass is 381 g/mol. The van der Waals surface area contributed by atoms with E-state index in [4.69, 9.17) is 28.8 Å².